The molecule has 2 N–H and O–H groups in total. The quantitative estimate of drug-likeness (QED) is 0.748. The van der Waals surface area contributed by atoms with E-state index in [0.717, 1.165) is 34.6 Å². The van der Waals surface area contributed by atoms with Gasteiger partial charge in [-0.2, -0.15) is 0 Å². The van der Waals surface area contributed by atoms with Gasteiger partial charge in [-0.1, -0.05) is 11.6 Å². The molecule has 1 aliphatic rings. The van der Waals surface area contributed by atoms with Gasteiger partial charge in [-0.3, -0.25) is 4.79 Å². The monoisotopic (exact) mass is 361 g/mol. The lowest BCUT2D eigenvalue weighted by Gasteiger charge is -2.26. The van der Waals surface area contributed by atoms with Gasteiger partial charge < -0.3 is 15.1 Å². The Morgan fingerprint density at radius 3 is 3.08 bits per heavy atom. The van der Waals surface area contributed by atoms with Gasteiger partial charge in [-0.05, 0) is 37.2 Å². The number of furan rings is 1. The Labute approximate surface area is 148 Å². The van der Waals surface area contributed by atoms with E-state index in [1.165, 1.54) is 6.92 Å². The maximum absolute atomic E-state index is 11.6. The van der Waals surface area contributed by atoms with Gasteiger partial charge in [0.05, 0.1) is 0 Å². The molecular weight excluding hydrogens is 346 g/mol. The molecule has 3 aromatic rings. The average molecular weight is 362 g/mol. The normalized spacial score (nSPS) is 20.6. The zero-order chi connectivity index (χ0) is 16.7. The van der Waals surface area contributed by atoms with Crippen LogP contribution in [0.25, 0.3) is 22.4 Å². The molecule has 24 heavy (non-hydrogen) atoms. The molecule has 1 unspecified atom stereocenters. The highest BCUT2D eigenvalue weighted by Gasteiger charge is 2.39. The van der Waals surface area contributed by atoms with Crippen molar-refractivity contribution in [2.75, 3.05) is 13.1 Å². The van der Waals surface area contributed by atoms with Gasteiger partial charge in [0.25, 0.3) is 0 Å². The first-order valence-corrected chi connectivity index (χ1v) is 8.96. The van der Waals surface area contributed by atoms with Gasteiger partial charge in [0.15, 0.2) is 5.76 Å². The van der Waals surface area contributed by atoms with Crippen molar-refractivity contribution in [1.29, 1.82) is 0 Å². The van der Waals surface area contributed by atoms with Crippen molar-refractivity contribution < 1.29 is 9.21 Å². The van der Waals surface area contributed by atoms with E-state index >= 15 is 0 Å². The summed E-state index contributed by atoms with van der Waals surface area (Å²) in [6.45, 7) is 3.09. The summed E-state index contributed by atoms with van der Waals surface area (Å²) in [5.74, 6) is 0.660. The zero-order valence-electron chi connectivity index (χ0n) is 13.1. The van der Waals surface area contributed by atoms with Crippen molar-refractivity contribution in [3.63, 3.8) is 0 Å². The molecule has 0 aliphatic carbocycles. The van der Waals surface area contributed by atoms with E-state index < -0.39 is 5.54 Å². The molecular formula is C17H16ClN3O2S. The number of hydrogen-bond acceptors (Lipinski definition) is 5. The van der Waals surface area contributed by atoms with Gasteiger partial charge in [-0.25, -0.2) is 4.98 Å². The van der Waals surface area contributed by atoms with Crippen molar-refractivity contribution >= 4 is 39.8 Å². The van der Waals surface area contributed by atoms with Crippen molar-refractivity contribution in [3.8, 4) is 11.5 Å². The minimum atomic E-state index is -0.427. The molecule has 1 aromatic carbocycles. The third-order valence-corrected chi connectivity index (χ3v) is 5.50. The second-order valence-corrected chi connectivity index (χ2v) is 7.32. The summed E-state index contributed by atoms with van der Waals surface area (Å²) in [5.41, 5.74) is 1.13. The number of thiazole rings is 1. The first kappa shape index (κ1) is 15.6. The molecule has 2 aromatic heterocycles. The second kappa shape index (κ2) is 5.88. The molecule has 0 radical (unpaired) electrons. The molecule has 1 fully saturated rings. The predicted octanol–water partition coefficient (Wildman–Crippen LogP) is 3.53. The summed E-state index contributed by atoms with van der Waals surface area (Å²) in [6.07, 6.45) is 0.829. The number of halogens is 1. The van der Waals surface area contributed by atoms with Crippen molar-refractivity contribution in [2.45, 2.75) is 18.9 Å². The van der Waals surface area contributed by atoms with Crippen LogP contribution in [0, 0.1) is 0 Å². The predicted molar refractivity (Wildman–Crippen MR) is 95.3 cm³/mol. The molecule has 3 heterocycles. The number of rotatable bonds is 3. The maximum Gasteiger partial charge on any atom is 0.217 e. The number of aromatic nitrogens is 1. The Kier molecular flexibility index (Phi) is 3.83. The lowest BCUT2D eigenvalue weighted by atomic mass is 9.99. The fourth-order valence-corrected chi connectivity index (χ4v) is 4.29. The SMILES string of the molecule is CC(=O)NC1(c2nc(-c3cc4cc(Cl)ccc4o3)cs2)CCNC1. The number of carbonyl (C=O) groups is 1. The molecule has 0 bridgehead atoms. The van der Waals surface area contributed by atoms with Gasteiger partial charge >= 0.3 is 0 Å². The smallest absolute Gasteiger partial charge is 0.217 e. The second-order valence-electron chi connectivity index (χ2n) is 6.02. The summed E-state index contributed by atoms with van der Waals surface area (Å²) in [7, 11) is 0. The highest BCUT2D eigenvalue weighted by molar-refractivity contribution is 7.10. The van der Waals surface area contributed by atoms with Crippen LogP contribution in [-0.2, 0) is 10.3 Å². The first-order valence-electron chi connectivity index (χ1n) is 7.71. The number of fused-ring (bicyclic) bond motifs is 1. The Morgan fingerprint density at radius 1 is 1.46 bits per heavy atom. The van der Waals surface area contributed by atoms with Gasteiger partial charge in [0.1, 0.15) is 21.8 Å². The van der Waals surface area contributed by atoms with E-state index in [9.17, 15) is 4.79 Å². The molecule has 5 nitrogen and oxygen atoms in total. The third kappa shape index (κ3) is 2.70. The van der Waals surface area contributed by atoms with E-state index in [1.807, 2.05) is 23.6 Å². The fraction of sp³-hybridized carbons (Fsp3) is 0.294. The van der Waals surface area contributed by atoms with Crippen LogP contribution in [0.15, 0.2) is 34.1 Å². The van der Waals surface area contributed by atoms with Crippen molar-refractivity contribution in [2.24, 2.45) is 0 Å². The molecule has 1 atom stereocenters. The highest BCUT2D eigenvalue weighted by atomic mass is 35.5. The summed E-state index contributed by atoms with van der Waals surface area (Å²) >= 11 is 7.57. The topological polar surface area (TPSA) is 67.2 Å². The van der Waals surface area contributed by atoms with Crippen molar-refractivity contribution in [1.82, 2.24) is 15.6 Å². The highest BCUT2D eigenvalue weighted by Crippen LogP contribution is 2.35. The summed E-state index contributed by atoms with van der Waals surface area (Å²) < 4.78 is 5.88. The number of amides is 1. The van der Waals surface area contributed by atoms with Crippen LogP contribution in [0.4, 0.5) is 0 Å². The fourth-order valence-electron chi connectivity index (χ4n) is 3.12. The lowest BCUT2D eigenvalue weighted by molar-refractivity contribution is -0.120. The summed E-state index contributed by atoms with van der Waals surface area (Å²) in [5, 5.41) is 10.9. The molecule has 1 amide bonds. The third-order valence-electron chi connectivity index (χ3n) is 4.22. The molecule has 1 aliphatic heterocycles. The Morgan fingerprint density at radius 2 is 2.33 bits per heavy atom. The molecule has 1 saturated heterocycles. The van der Waals surface area contributed by atoms with Gasteiger partial charge in [0, 0.05) is 29.3 Å². The Bertz CT molecular complexity index is 912. The standard InChI is InChI=1S/C17H16ClN3O2S/c1-10(22)21-17(4-5-19-9-17)16-20-13(8-24-16)15-7-11-6-12(18)2-3-14(11)23-15/h2-3,6-8,19H,4-5,9H2,1H3,(H,21,22). The first-order chi connectivity index (χ1) is 11.6. The largest absolute Gasteiger partial charge is 0.454 e. The number of nitrogens with zero attached hydrogens (tertiary/aromatic N) is 1. The van der Waals surface area contributed by atoms with Crippen LogP contribution in [0.5, 0.6) is 0 Å². The minimum absolute atomic E-state index is 0.0474. The van der Waals surface area contributed by atoms with Gasteiger partial charge in [-0.15, -0.1) is 11.3 Å². The summed E-state index contributed by atoms with van der Waals surface area (Å²) in [4.78, 5) is 16.4. The Balaban J connectivity index is 1.71. The number of benzene rings is 1. The van der Waals surface area contributed by atoms with E-state index in [4.69, 9.17) is 21.0 Å². The van der Waals surface area contributed by atoms with Crippen LogP contribution >= 0.6 is 22.9 Å². The zero-order valence-corrected chi connectivity index (χ0v) is 14.6. The molecule has 0 saturated carbocycles. The molecule has 0 spiro atoms. The van der Waals surface area contributed by atoms with Crippen LogP contribution in [0.1, 0.15) is 18.4 Å². The molecule has 7 heteroatoms. The maximum atomic E-state index is 11.6. The Hall–Kier alpha value is -1.89. The average Bonchev–Trinajstić information content (AvgIpc) is 3.24. The van der Waals surface area contributed by atoms with E-state index in [-0.39, 0.29) is 5.91 Å². The van der Waals surface area contributed by atoms with E-state index in [2.05, 4.69) is 10.6 Å². The van der Waals surface area contributed by atoms with E-state index in [0.29, 0.717) is 17.3 Å². The van der Waals surface area contributed by atoms with Crippen LogP contribution < -0.4 is 10.6 Å². The summed E-state index contributed by atoms with van der Waals surface area (Å²) in [6, 6.07) is 7.47. The van der Waals surface area contributed by atoms with Crippen molar-refractivity contribution in [3.05, 3.63) is 39.7 Å². The van der Waals surface area contributed by atoms with Crippen LogP contribution in [0.2, 0.25) is 5.02 Å². The van der Waals surface area contributed by atoms with Crippen LogP contribution in [-0.4, -0.2) is 24.0 Å². The molecule has 124 valence electrons. The minimum Gasteiger partial charge on any atom is -0.454 e. The van der Waals surface area contributed by atoms with E-state index in [1.54, 1.807) is 17.4 Å². The number of nitrogens with one attached hydrogen (secondary N) is 2. The van der Waals surface area contributed by atoms with Gasteiger partial charge in [0.2, 0.25) is 5.91 Å². The molecule has 4 rings (SSSR count). The van der Waals surface area contributed by atoms with Crippen LogP contribution in [0.3, 0.4) is 0 Å². The number of hydrogen-bond donors (Lipinski definition) is 2. The lowest BCUT2D eigenvalue weighted by Crippen LogP contribution is -2.46. The number of carbonyl (C=O) groups excluding carboxylic acids is 1.